The van der Waals surface area contributed by atoms with Crippen LogP contribution in [-0.4, -0.2) is 81.2 Å². The lowest BCUT2D eigenvalue weighted by molar-refractivity contribution is -0.127. The van der Waals surface area contributed by atoms with E-state index in [4.69, 9.17) is 9.47 Å². The number of likely N-dealkylation sites (N-methyl/N-ethyl adjacent to an activating group) is 1. The molecule has 7 nitrogen and oxygen atoms in total. The predicted molar refractivity (Wildman–Crippen MR) is 94.4 cm³/mol. The van der Waals surface area contributed by atoms with Crippen molar-refractivity contribution < 1.29 is 23.5 Å². The van der Waals surface area contributed by atoms with Crippen LogP contribution in [0.3, 0.4) is 0 Å². The van der Waals surface area contributed by atoms with Crippen LogP contribution in [0.2, 0.25) is 0 Å². The Kier molecular flexibility index (Phi) is 7.80. The molecule has 1 N–H and O–H groups in total. The quantitative estimate of drug-likeness (QED) is 0.652. The Hall–Kier alpha value is -2.19. The van der Waals surface area contributed by atoms with Gasteiger partial charge in [-0.3, -0.25) is 9.59 Å². The second kappa shape index (κ2) is 10.1. The Bertz CT molecular complexity index is 614. The number of amides is 2. The zero-order valence-electron chi connectivity index (χ0n) is 15.2. The van der Waals surface area contributed by atoms with E-state index in [9.17, 15) is 14.0 Å². The van der Waals surface area contributed by atoms with Crippen molar-refractivity contribution in [3.05, 3.63) is 30.1 Å². The standard InChI is InChI=1S/C18H26FN3O4/c1-21(8-9-25-2)6-7-22-12-15(11-18(22)24)20-17(23)13-26-16-5-3-4-14(19)10-16/h3-5,10,15H,6-9,11-13H2,1-2H3,(H,20,23). The van der Waals surface area contributed by atoms with E-state index in [1.807, 2.05) is 7.05 Å². The van der Waals surface area contributed by atoms with Crippen LogP contribution >= 0.6 is 0 Å². The summed E-state index contributed by atoms with van der Waals surface area (Å²) in [4.78, 5) is 27.9. The fourth-order valence-electron chi connectivity index (χ4n) is 2.71. The van der Waals surface area contributed by atoms with Crippen molar-refractivity contribution in [3.63, 3.8) is 0 Å². The molecule has 1 unspecified atom stereocenters. The molecule has 1 aliphatic heterocycles. The molecule has 0 saturated carbocycles. The Morgan fingerprint density at radius 2 is 2.23 bits per heavy atom. The van der Waals surface area contributed by atoms with Crippen molar-refractivity contribution in [2.24, 2.45) is 0 Å². The topological polar surface area (TPSA) is 71.1 Å². The molecule has 1 saturated heterocycles. The number of rotatable bonds is 10. The van der Waals surface area contributed by atoms with Gasteiger partial charge in [0, 0.05) is 45.8 Å². The summed E-state index contributed by atoms with van der Waals surface area (Å²) in [5.41, 5.74) is 0. The van der Waals surface area contributed by atoms with Crippen LogP contribution in [0.25, 0.3) is 0 Å². The summed E-state index contributed by atoms with van der Waals surface area (Å²) in [5, 5.41) is 2.79. The summed E-state index contributed by atoms with van der Waals surface area (Å²) >= 11 is 0. The molecule has 0 radical (unpaired) electrons. The zero-order chi connectivity index (χ0) is 18.9. The number of likely N-dealkylation sites (tertiary alicyclic amines) is 1. The average molecular weight is 367 g/mol. The number of halogens is 1. The minimum atomic E-state index is -0.421. The van der Waals surface area contributed by atoms with E-state index in [0.29, 0.717) is 25.4 Å². The molecular formula is C18H26FN3O4. The van der Waals surface area contributed by atoms with Crippen molar-refractivity contribution in [3.8, 4) is 5.75 Å². The third-order valence-electron chi connectivity index (χ3n) is 4.17. The van der Waals surface area contributed by atoms with Gasteiger partial charge < -0.3 is 24.6 Å². The average Bonchev–Trinajstić information content (AvgIpc) is 2.95. The van der Waals surface area contributed by atoms with Crippen molar-refractivity contribution in [2.75, 3.05) is 53.6 Å². The number of carbonyl (C=O) groups is 2. The first-order valence-electron chi connectivity index (χ1n) is 8.61. The summed E-state index contributed by atoms with van der Waals surface area (Å²) in [6, 6.07) is 5.39. The smallest absolute Gasteiger partial charge is 0.258 e. The van der Waals surface area contributed by atoms with Crippen molar-refractivity contribution in [1.29, 1.82) is 0 Å². The van der Waals surface area contributed by atoms with Gasteiger partial charge in [-0.1, -0.05) is 6.07 Å². The fourth-order valence-corrected chi connectivity index (χ4v) is 2.71. The van der Waals surface area contributed by atoms with Gasteiger partial charge in [-0.05, 0) is 19.2 Å². The number of ether oxygens (including phenoxy) is 2. The maximum absolute atomic E-state index is 13.1. The summed E-state index contributed by atoms with van der Waals surface area (Å²) in [5.74, 6) is -0.425. The minimum Gasteiger partial charge on any atom is -0.484 e. The molecule has 0 aromatic heterocycles. The van der Waals surface area contributed by atoms with Gasteiger partial charge in [0.1, 0.15) is 11.6 Å². The van der Waals surface area contributed by atoms with Crippen molar-refractivity contribution in [1.82, 2.24) is 15.1 Å². The molecule has 26 heavy (non-hydrogen) atoms. The molecule has 1 fully saturated rings. The number of hydrogen-bond donors (Lipinski definition) is 1. The Labute approximate surface area is 153 Å². The highest BCUT2D eigenvalue weighted by molar-refractivity contribution is 5.82. The highest BCUT2D eigenvalue weighted by Gasteiger charge is 2.30. The van der Waals surface area contributed by atoms with Crippen LogP contribution in [0, 0.1) is 5.82 Å². The summed E-state index contributed by atoms with van der Waals surface area (Å²) in [6.45, 7) is 3.09. The lowest BCUT2D eigenvalue weighted by atomic mass is 10.2. The first kappa shape index (κ1) is 20.1. The number of benzene rings is 1. The van der Waals surface area contributed by atoms with Gasteiger partial charge in [-0.2, -0.15) is 0 Å². The third kappa shape index (κ3) is 6.61. The molecule has 0 aliphatic carbocycles. The van der Waals surface area contributed by atoms with Crippen LogP contribution in [-0.2, 0) is 14.3 Å². The van der Waals surface area contributed by atoms with E-state index in [-0.39, 0.29) is 30.9 Å². The molecule has 1 aromatic carbocycles. The maximum Gasteiger partial charge on any atom is 0.258 e. The molecule has 1 atom stereocenters. The highest BCUT2D eigenvalue weighted by atomic mass is 19.1. The maximum atomic E-state index is 13.1. The number of nitrogens with one attached hydrogen (secondary N) is 1. The van der Waals surface area contributed by atoms with Crippen molar-refractivity contribution in [2.45, 2.75) is 12.5 Å². The number of nitrogens with zero attached hydrogens (tertiary/aromatic N) is 2. The minimum absolute atomic E-state index is 0.0292. The van der Waals surface area contributed by atoms with Gasteiger partial charge in [-0.25, -0.2) is 4.39 Å². The summed E-state index contributed by atoms with van der Waals surface area (Å²) in [7, 11) is 3.63. The monoisotopic (exact) mass is 367 g/mol. The SMILES string of the molecule is COCCN(C)CCN1CC(NC(=O)COc2cccc(F)c2)CC1=O. The molecule has 2 amide bonds. The largest absolute Gasteiger partial charge is 0.484 e. The second-order valence-electron chi connectivity index (χ2n) is 6.35. The van der Waals surface area contributed by atoms with Gasteiger partial charge in [0.2, 0.25) is 5.91 Å². The van der Waals surface area contributed by atoms with E-state index in [2.05, 4.69) is 10.2 Å². The van der Waals surface area contributed by atoms with Crippen LogP contribution in [0.4, 0.5) is 4.39 Å². The highest BCUT2D eigenvalue weighted by Crippen LogP contribution is 2.13. The van der Waals surface area contributed by atoms with Crippen LogP contribution in [0.5, 0.6) is 5.75 Å². The number of methoxy groups -OCH3 is 1. The Balaban J connectivity index is 1.69. The summed E-state index contributed by atoms with van der Waals surface area (Å²) in [6.07, 6.45) is 0.285. The van der Waals surface area contributed by atoms with Crippen LogP contribution < -0.4 is 10.1 Å². The number of hydrogen-bond acceptors (Lipinski definition) is 5. The van der Waals surface area contributed by atoms with E-state index in [1.165, 1.54) is 18.2 Å². The van der Waals surface area contributed by atoms with Crippen LogP contribution in [0.1, 0.15) is 6.42 Å². The fraction of sp³-hybridized carbons (Fsp3) is 0.556. The molecule has 1 heterocycles. The first-order chi connectivity index (χ1) is 12.5. The Morgan fingerprint density at radius 3 is 2.96 bits per heavy atom. The lowest BCUT2D eigenvalue weighted by Gasteiger charge is -2.22. The van der Waals surface area contributed by atoms with Gasteiger partial charge in [-0.15, -0.1) is 0 Å². The normalized spacial score (nSPS) is 17.0. The molecule has 144 valence electrons. The molecule has 2 rings (SSSR count). The Morgan fingerprint density at radius 1 is 1.42 bits per heavy atom. The van der Waals surface area contributed by atoms with E-state index in [1.54, 1.807) is 18.1 Å². The van der Waals surface area contributed by atoms with E-state index < -0.39 is 5.82 Å². The van der Waals surface area contributed by atoms with Crippen LogP contribution in [0.15, 0.2) is 24.3 Å². The number of carbonyl (C=O) groups excluding carboxylic acids is 2. The van der Waals surface area contributed by atoms with Crippen molar-refractivity contribution >= 4 is 11.8 Å². The van der Waals surface area contributed by atoms with Gasteiger partial charge in [0.05, 0.1) is 12.6 Å². The predicted octanol–water partition coefficient (Wildman–Crippen LogP) is 0.500. The molecule has 1 aliphatic rings. The van der Waals surface area contributed by atoms with Gasteiger partial charge >= 0.3 is 0 Å². The zero-order valence-corrected chi connectivity index (χ0v) is 15.2. The van der Waals surface area contributed by atoms with Gasteiger partial charge in [0.15, 0.2) is 6.61 Å². The third-order valence-corrected chi connectivity index (χ3v) is 4.17. The van der Waals surface area contributed by atoms with Gasteiger partial charge in [0.25, 0.3) is 5.91 Å². The first-order valence-corrected chi connectivity index (χ1v) is 8.61. The molecular weight excluding hydrogens is 341 g/mol. The molecule has 1 aromatic rings. The second-order valence-corrected chi connectivity index (χ2v) is 6.35. The van der Waals surface area contributed by atoms with E-state index in [0.717, 1.165) is 13.1 Å². The lowest BCUT2D eigenvalue weighted by Crippen LogP contribution is -2.41. The molecule has 0 spiro atoms. The molecule has 8 heteroatoms. The van der Waals surface area contributed by atoms with E-state index >= 15 is 0 Å². The molecule has 0 bridgehead atoms. The summed E-state index contributed by atoms with van der Waals surface area (Å²) < 4.78 is 23.4.